The predicted molar refractivity (Wildman–Crippen MR) is 94.8 cm³/mol. The summed E-state index contributed by atoms with van der Waals surface area (Å²) in [4.78, 5) is 29.4. The van der Waals surface area contributed by atoms with Crippen LogP contribution in [0.15, 0.2) is 18.2 Å². The van der Waals surface area contributed by atoms with Crippen molar-refractivity contribution in [1.29, 1.82) is 0 Å². The minimum atomic E-state index is -1.03. The SMILES string of the molecule is CC(C)OCCCNC(=O)C1CCN(c2cccc(C(=O)O)n2)CC1. The van der Waals surface area contributed by atoms with E-state index in [1.54, 1.807) is 6.07 Å². The number of carbonyl (C=O) groups excluding carboxylic acids is 1. The van der Waals surface area contributed by atoms with Crippen molar-refractivity contribution < 1.29 is 19.4 Å². The summed E-state index contributed by atoms with van der Waals surface area (Å²) in [6, 6.07) is 4.99. The van der Waals surface area contributed by atoms with Crippen LogP contribution >= 0.6 is 0 Å². The van der Waals surface area contributed by atoms with Crippen LogP contribution in [0.25, 0.3) is 0 Å². The van der Waals surface area contributed by atoms with Gasteiger partial charge in [-0.25, -0.2) is 9.78 Å². The lowest BCUT2D eigenvalue weighted by atomic mass is 9.96. The Bertz CT molecular complexity index is 583. The molecule has 1 fully saturated rings. The molecular formula is C18H27N3O4. The number of carboxylic acids is 1. The fourth-order valence-corrected chi connectivity index (χ4v) is 2.84. The van der Waals surface area contributed by atoms with E-state index in [9.17, 15) is 9.59 Å². The quantitative estimate of drug-likeness (QED) is 0.697. The summed E-state index contributed by atoms with van der Waals surface area (Å²) in [5, 5.41) is 12.0. The molecule has 0 saturated carbocycles. The number of hydrogen-bond acceptors (Lipinski definition) is 5. The highest BCUT2D eigenvalue weighted by Crippen LogP contribution is 2.22. The van der Waals surface area contributed by atoms with Crippen LogP contribution in [-0.4, -0.2) is 54.3 Å². The van der Waals surface area contributed by atoms with E-state index in [0.29, 0.717) is 32.1 Å². The lowest BCUT2D eigenvalue weighted by Crippen LogP contribution is -2.41. The lowest BCUT2D eigenvalue weighted by Gasteiger charge is -2.32. The number of ether oxygens (including phenoxy) is 1. The minimum Gasteiger partial charge on any atom is -0.477 e. The summed E-state index contributed by atoms with van der Waals surface area (Å²) in [7, 11) is 0. The van der Waals surface area contributed by atoms with Gasteiger partial charge in [-0.3, -0.25) is 4.79 Å². The number of rotatable bonds is 8. The van der Waals surface area contributed by atoms with Gasteiger partial charge in [0, 0.05) is 32.2 Å². The number of aromatic carboxylic acids is 1. The Labute approximate surface area is 148 Å². The summed E-state index contributed by atoms with van der Waals surface area (Å²) in [6.45, 7) is 6.67. The number of nitrogens with one attached hydrogen (secondary N) is 1. The van der Waals surface area contributed by atoms with Crippen molar-refractivity contribution in [3.63, 3.8) is 0 Å². The van der Waals surface area contributed by atoms with E-state index < -0.39 is 5.97 Å². The van der Waals surface area contributed by atoms with Crippen molar-refractivity contribution >= 4 is 17.7 Å². The number of amides is 1. The number of pyridine rings is 1. The first-order valence-electron chi connectivity index (χ1n) is 8.82. The number of carboxylic acid groups (broad SMARTS) is 1. The second-order valence-corrected chi connectivity index (χ2v) is 6.51. The topological polar surface area (TPSA) is 91.8 Å². The molecule has 2 heterocycles. The van der Waals surface area contributed by atoms with E-state index in [-0.39, 0.29) is 23.6 Å². The van der Waals surface area contributed by atoms with Crippen molar-refractivity contribution in [2.75, 3.05) is 31.1 Å². The number of carbonyl (C=O) groups is 2. The van der Waals surface area contributed by atoms with Crippen molar-refractivity contribution in [3.8, 4) is 0 Å². The van der Waals surface area contributed by atoms with Crippen LogP contribution in [0.1, 0.15) is 43.6 Å². The van der Waals surface area contributed by atoms with E-state index in [2.05, 4.69) is 10.3 Å². The van der Waals surface area contributed by atoms with E-state index in [0.717, 1.165) is 19.3 Å². The highest BCUT2D eigenvalue weighted by molar-refractivity contribution is 5.85. The van der Waals surface area contributed by atoms with Crippen LogP contribution in [-0.2, 0) is 9.53 Å². The molecule has 0 aromatic carbocycles. The van der Waals surface area contributed by atoms with Crippen LogP contribution in [0, 0.1) is 5.92 Å². The Morgan fingerprint density at radius 1 is 1.36 bits per heavy atom. The standard InChI is InChI=1S/C18H27N3O4/c1-13(2)25-12-4-9-19-17(22)14-7-10-21(11-8-14)16-6-3-5-15(20-16)18(23)24/h3,5-6,13-14H,4,7-12H2,1-2H3,(H,19,22)(H,23,24). The second-order valence-electron chi connectivity index (χ2n) is 6.51. The Hall–Kier alpha value is -2.15. The fourth-order valence-electron chi connectivity index (χ4n) is 2.84. The summed E-state index contributed by atoms with van der Waals surface area (Å²) >= 11 is 0. The Balaban J connectivity index is 1.74. The average molecular weight is 349 g/mol. The van der Waals surface area contributed by atoms with E-state index in [1.807, 2.05) is 24.8 Å². The molecule has 1 aromatic heterocycles. The summed E-state index contributed by atoms with van der Waals surface area (Å²) in [5.41, 5.74) is 0.0426. The van der Waals surface area contributed by atoms with Crippen LogP contribution in [0.5, 0.6) is 0 Å². The smallest absolute Gasteiger partial charge is 0.354 e. The van der Waals surface area contributed by atoms with Crippen molar-refractivity contribution in [2.45, 2.75) is 39.2 Å². The van der Waals surface area contributed by atoms with Crippen LogP contribution < -0.4 is 10.2 Å². The first-order valence-corrected chi connectivity index (χ1v) is 8.82. The summed E-state index contributed by atoms with van der Waals surface area (Å²) in [6.07, 6.45) is 2.52. The van der Waals surface area contributed by atoms with Crippen molar-refractivity contribution in [2.24, 2.45) is 5.92 Å². The minimum absolute atomic E-state index is 0.00456. The molecule has 1 aromatic rings. The van der Waals surface area contributed by atoms with E-state index in [4.69, 9.17) is 9.84 Å². The van der Waals surface area contributed by atoms with E-state index in [1.165, 1.54) is 6.07 Å². The number of nitrogens with zero attached hydrogens (tertiary/aromatic N) is 2. The van der Waals surface area contributed by atoms with Gasteiger partial charge in [-0.15, -0.1) is 0 Å². The van der Waals surface area contributed by atoms with Gasteiger partial charge >= 0.3 is 5.97 Å². The molecule has 0 unspecified atom stereocenters. The molecule has 0 spiro atoms. The summed E-state index contributed by atoms with van der Waals surface area (Å²) in [5.74, 6) is -0.275. The third kappa shape index (κ3) is 6.01. The van der Waals surface area contributed by atoms with E-state index >= 15 is 0 Å². The third-order valence-corrected chi connectivity index (χ3v) is 4.21. The van der Waals surface area contributed by atoms with Crippen LogP contribution in [0.4, 0.5) is 5.82 Å². The number of piperidine rings is 1. The van der Waals surface area contributed by atoms with Crippen LogP contribution in [0.2, 0.25) is 0 Å². The highest BCUT2D eigenvalue weighted by Gasteiger charge is 2.25. The Kier molecular flexibility index (Phi) is 7.18. The molecule has 2 N–H and O–H groups in total. The molecule has 2 rings (SSSR count). The molecule has 7 nitrogen and oxygen atoms in total. The average Bonchev–Trinajstić information content (AvgIpc) is 2.61. The van der Waals surface area contributed by atoms with Gasteiger partial charge in [0.15, 0.2) is 5.69 Å². The molecule has 1 saturated heterocycles. The van der Waals surface area contributed by atoms with Gasteiger partial charge in [0.25, 0.3) is 0 Å². The predicted octanol–water partition coefficient (Wildman–Crippen LogP) is 1.93. The lowest BCUT2D eigenvalue weighted by molar-refractivity contribution is -0.125. The molecule has 0 atom stereocenters. The number of aromatic nitrogens is 1. The normalized spacial score (nSPS) is 15.4. The summed E-state index contributed by atoms with van der Waals surface area (Å²) < 4.78 is 5.45. The van der Waals surface area contributed by atoms with Gasteiger partial charge in [0.05, 0.1) is 6.10 Å². The van der Waals surface area contributed by atoms with Crippen molar-refractivity contribution in [1.82, 2.24) is 10.3 Å². The Morgan fingerprint density at radius 2 is 2.08 bits per heavy atom. The van der Waals surface area contributed by atoms with Gasteiger partial charge in [0.2, 0.25) is 5.91 Å². The monoisotopic (exact) mass is 349 g/mol. The maximum Gasteiger partial charge on any atom is 0.354 e. The molecule has 1 aliphatic heterocycles. The maximum absolute atomic E-state index is 12.2. The Morgan fingerprint density at radius 3 is 2.72 bits per heavy atom. The van der Waals surface area contributed by atoms with Gasteiger partial charge in [0.1, 0.15) is 5.82 Å². The molecule has 0 bridgehead atoms. The van der Waals surface area contributed by atoms with Gasteiger partial charge < -0.3 is 20.1 Å². The third-order valence-electron chi connectivity index (χ3n) is 4.21. The molecule has 1 amide bonds. The number of anilines is 1. The largest absolute Gasteiger partial charge is 0.477 e. The molecule has 1 aliphatic rings. The van der Waals surface area contributed by atoms with Gasteiger partial charge in [-0.1, -0.05) is 6.07 Å². The molecular weight excluding hydrogens is 322 g/mol. The molecule has 0 radical (unpaired) electrons. The second kappa shape index (κ2) is 9.36. The number of hydrogen-bond donors (Lipinski definition) is 2. The fraction of sp³-hybridized carbons (Fsp3) is 0.611. The first kappa shape index (κ1) is 19.2. The molecule has 7 heteroatoms. The van der Waals surface area contributed by atoms with Crippen LogP contribution in [0.3, 0.4) is 0 Å². The zero-order chi connectivity index (χ0) is 18.2. The maximum atomic E-state index is 12.2. The van der Waals surface area contributed by atoms with Gasteiger partial charge in [-0.05, 0) is 45.2 Å². The zero-order valence-corrected chi connectivity index (χ0v) is 14.9. The molecule has 138 valence electrons. The highest BCUT2D eigenvalue weighted by atomic mass is 16.5. The molecule has 25 heavy (non-hydrogen) atoms. The molecule has 0 aliphatic carbocycles. The van der Waals surface area contributed by atoms with Gasteiger partial charge in [-0.2, -0.15) is 0 Å². The van der Waals surface area contributed by atoms with Crippen molar-refractivity contribution in [3.05, 3.63) is 23.9 Å². The zero-order valence-electron chi connectivity index (χ0n) is 14.9. The first-order chi connectivity index (χ1) is 12.0.